The number of ether oxygens (including phenoxy) is 2. The van der Waals surface area contributed by atoms with Crippen LogP contribution in [-0.2, 0) is 19.1 Å². The molecule has 8 nitrogen and oxygen atoms in total. The first-order valence-electron chi connectivity index (χ1n) is 9.69. The van der Waals surface area contributed by atoms with Gasteiger partial charge in [-0.05, 0) is 42.8 Å². The highest BCUT2D eigenvalue weighted by atomic mass is 32.1. The van der Waals surface area contributed by atoms with E-state index in [0.717, 1.165) is 11.3 Å². The molecule has 3 amide bonds. The highest BCUT2D eigenvalue weighted by molar-refractivity contribution is 7.14. The number of hydrogen-bond acceptors (Lipinski definition) is 6. The first-order valence-corrected chi connectivity index (χ1v) is 10.5. The van der Waals surface area contributed by atoms with Crippen LogP contribution in [0.5, 0.6) is 0 Å². The summed E-state index contributed by atoms with van der Waals surface area (Å²) in [4.78, 5) is 40.4. The molecule has 2 aliphatic rings. The van der Waals surface area contributed by atoms with Gasteiger partial charge in [0.15, 0.2) is 5.54 Å². The van der Waals surface area contributed by atoms with Gasteiger partial charge in [0.2, 0.25) is 0 Å². The fraction of sp³-hybridized carbons (Fsp3) is 0.318. The van der Waals surface area contributed by atoms with Gasteiger partial charge >= 0.3 is 0 Å². The van der Waals surface area contributed by atoms with E-state index in [4.69, 9.17) is 15.9 Å². The predicted molar refractivity (Wildman–Crippen MR) is 116 cm³/mol. The van der Waals surface area contributed by atoms with Crippen molar-refractivity contribution in [3.63, 3.8) is 0 Å². The molecule has 1 aromatic heterocycles. The summed E-state index contributed by atoms with van der Waals surface area (Å²) in [5, 5.41) is 5.64. The topological polar surface area (TPSA) is 97.0 Å². The molecule has 0 bridgehead atoms. The molecule has 0 atom stereocenters. The van der Waals surface area contributed by atoms with E-state index in [1.807, 2.05) is 6.92 Å². The van der Waals surface area contributed by atoms with Gasteiger partial charge in [-0.2, -0.15) is 0 Å². The third kappa shape index (κ3) is 4.18. The van der Waals surface area contributed by atoms with Crippen molar-refractivity contribution in [2.24, 2.45) is 0 Å². The second-order valence-corrected chi connectivity index (χ2v) is 8.47. The molecule has 1 aromatic carbocycles. The first-order chi connectivity index (χ1) is 14.9. The van der Waals surface area contributed by atoms with E-state index in [1.54, 1.807) is 35.2 Å². The van der Waals surface area contributed by atoms with Gasteiger partial charge in [-0.3, -0.25) is 14.4 Å². The number of carbonyl (C=O) groups is 3. The Balaban J connectivity index is 1.46. The third-order valence-electron chi connectivity index (χ3n) is 5.19. The minimum Gasteiger partial charge on any atom is -0.375 e. The van der Waals surface area contributed by atoms with E-state index < -0.39 is 5.54 Å². The lowest BCUT2D eigenvalue weighted by atomic mass is 9.95. The van der Waals surface area contributed by atoms with E-state index in [0.29, 0.717) is 28.6 Å². The number of carbonyl (C=O) groups excluding carboxylic acids is 3. The zero-order valence-electron chi connectivity index (χ0n) is 16.9. The number of nitrogens with one attached hydrogen (secondary N) is 2. The average Bonchev–Trinajstić information content (AvgIpc) is 3.21. The number of amides is 3. The predicted octanol–water partition coefficient (Wildman–Crippen LogP) is 1.54. The third-order valence-corrected chi connectivity index (χ3v) is 6.20. The van der Waals surface area contributed by atoms with Crippen molar-refractivity contribution in [1.82, 2.24) is 5.32 Å². The van der Waals surface area contributed by atoms with E-state index in [2.05, 4.69) is 16.6 Å². The summed E-state index contributed by atoms with van der Waals surface area (Å²) in [6, 6.07) is 8.64. The summed E-state index contributed by atoms with van der Waals surface area (Å²) in [6.07, 6.45) is 5.36. The molecule has 0 spiro atoms. The molecule has 0 saturated carbocycles. The van der Waals surface area contributed by atoms with Crippen LogP contribution in [0.2, 0.25) is 0 Å². The van der Waals surface area contributed by atoms with Crippen LogP contribution in [0, 0.1) is 19.3 Å². The van der Waals surface area contributed by atoms with Gasteiger partial charge in [-0.25, -0.2) is 0 Å². The first kappa shape index (κ1) is 21.1. The quantitative estimate of drug-likeness (QED) is 0.689. The van der Waals surface area contributed by atoms with Gasteiger partial charge in [0, 0.05) is 17.9 Å². The fourth-order valence-corrected chi connectivity index (χ4v) is 4.15. The molecule has 2 saturated heterocycles. The monoisotopic (exact) mass is 439 g/mol. The summed E-state index contributed by atoms with van der Waals surface area (Å²) >= 11 is 1.19. The molecule has 2 aliphatic heterocycles. The molecule has 31 heavy (non-hydrogen) atoms. The molecule has 4 rings (SSSR count). The van der Waals surface area contributed by atoms with Crippen LogP contribution in [-0.4, -0.2) is 56.2 Å². The summed E-state index contributed by atoms with van der Waals surface area (Å²) in [5.74, 6) is 1.65. The van der Waals surface area contributed by atoms with Gasteiger partial charge < -0.3 is 25.0 Å². The number of hydrogen-bond donors (Lipinski definition) is 2. The van der Waals surface area contributed by atoms with Crippen molar-refractivity contribution >= 4 is 40.4 Å². The maximum atomic E-state index is 13.0. The van der Waals surface area contributed by atoms with Crippen molar-refractivity contribution in [2.75, 3.05) is 43.2 Å². The Morgan fingerprint density at radius 2 is 2.03 bits per heavy atom. The van der Waals surface area contributed by atoms with E-state index in [1.165, 1.54) is 11.3 Å². The van der Waals surface area contributed by atoms with E-state index >= 15 is 0 Å². The van der Waals surface area contributed by atoms with Crippen LogP contribution in [0.1, 0.15) is 20.1 Å². The lowest BCUT2D eigenvalue weighted by Gasteiger charge is -2.40. The number of aryl methyl sites for hydroxylation is 1. The number of nitrogens with zero attached hydrogens (tertiary/aromatic N) is 1. The van der Waals surface area contributed by atoms with Crippen LogP contribution >= 0.6 is 11.3 Å². The SMILES string of the molecule is C#Cc1ccc(C(=O)NC2(C(=O)Nc3ccc(N4CCOCC4=O)c(C)c3)COC2)s1. The Morgan fingerprint density at radius 1 is 1.23 bits per heavy atom. The number of morpholine rings is 1. The van der Waals surface area contributed by atoms with Crippen molar-refractivity contribution in [3.8, 4) is 12.3 Å². The highest BCUT2D eigenvalue weighted by Gasteiger charge is 2.47. The average molecular weight is 439 g/mol. The molecular weight excluding hydrogens is 418 g/mol. The van der Waals surface area contributed by atoms with Crippen LogP contribution in [0.15, 0.2) is 30.3 Å². The second-order valence-electron chi connectivity index (χ2n) is 7.39. The Kier molecular flexibility index (Phi) is 5.78. The van der Waals surface area contributed by atoms with Crippen molar-refractivity contribution < 1.29 is 23.9 Å². The highest BCUT2D eigenvalue weighted by Crippen LogP contribution is 2.27. The lowest BCUT2D eigenvalue weighted by Crippen LogP contribution is -2.68. The Labute approximate surface area is 183 Å². The maximum Gasteiger partial charge on any atom is 0.262 e. The molecule has 160 valence electrons. The van der Waals surface area contributed by atoms with Crippen LogP contribution in [0.4, 0.5) is 11.4 Å². The van der Waals surface area contributed by atoms with Gasteiger partial charge in [-0.1, -0.05) is 5.92 Å². The standard InChI is InChI=1S/C22H21N3O5S/c1-3-16-5-7-18(31-16)20(27)24-22(12-30-13-22)21(28)23-15-4-6-17(14(2)10-15)25-8-9-29-11-19(25)26/h1,4-7,10H,8-9,11-13H2,2H3,(H,23,28)(H,24,27). The molecule has 0 unspecified atom stereocenters. The summed E-state index contributed by atoms with van der Waals surface area (Å²) in [5.41, 5.74) is 1.04. The molecule has 0 radical (unpaired) electrons. The summed E-state index contributed by atoms with van der Waals surface area (Å²) < 4.78 is 10.4. The summed E-state index contributed by atoms with van der Waals surface area (Å²) in [6.45, 7) is 3.07. The molecule has 0 aliphatic carbocycles. The van der Waals surface area contributed by atoms with Crippen molar-refractivity contribution in [1.29, 1.82) is 0 Å². The van der Waals surface area contributed by atoms with Crippen LogP contribution in [0.25, 0.3) is 0 Å². The number of rotatable bonds is 5. The number of benzene rings is 1. The van der Waals surface area contributed by atoms with E-state index in [-0.39, 0.29) is 37.5 Å². The molecule has 3 heterocycles. The zero-order valence-corrected chi connectivity index (χ0v) is 17.7. The number of thiophene rings is 1. The maximum absolute atomic E-state index is 13.0. The molecule has 2 aromatic rings. The molecular formula is C22H21N3O5S. The summed E-state index contributed by atoms with van der Waals surface area (Å²) in [7, 11) is 0. The van der Waals surface area contributed by atoms with Crippen molar-refractivity contribution in [2.45, 2.75) is 12.5 Å². The Hall–Kier alpha value is -3.19. The smallest absolute Gasteiger partial charge is 0.262 e. The van der Waals surface area contributed by atoms with Crippen LogP contribution < -0.4 is 15.5 Å². The Bertz CT molecular complexity index is 1080. The normalized spacial score (nSPS) is 17.4. The second kappa shape index (κ2) is 8.51. The molecule has 2 N–H and O–H groups in total. The van der Waals surface area contributed by atoms with E-state index in [9.17, 15) is 14.4 Å². The minimum atomic E-state index is -1.15. The lowest BCUT2D eigenvalue weighted by molar-refractivity contribution is -0.141. The van der Waals surface area contributed by atoms with Gasteiger partial charge in [0.25, 0.3) is 17.7 Å². The minimum absolute atomic E-state index is 0.0627. The van der Waals surface area contributed by atoms with Crippen molar-refractivity contribution in [3.05, 3.63) is 45.6 Å². The van der Waals surface area contributed by atoms with Gasteiger partial charge in [0.1, 0.15) is 6.61 Å². The fourth-order valence-electron chi connectivity index (χ4n) is 3.44. The Morgan fingerprint density at radius 3 is 2.65 bits per heavy atom. The zero-order chi connectivity index (χ0) is 22.0. The van der Waals surface area contributed by atoms with Crippen LogP contribution in [0.3, 0.4) is 0 Å². The molecule has 9 heteroatoms. The number of anilines is 2. The number of terminal acetylenes is 1. The van der Waals surface area contributed by atoms with Gasteiger partial charge in [0.05, 0.1) is 29.6 Å². The molecule has 2 fully saturated rings. The van der Waals surface area contributed by atoms with Gasteiger partial charge in [-0.15, -0.1) is 17.8 Å². The largest absolute Gasteiger partial charge is 0.375 e.